The summed E-state index contributed by atoms with van der Waals surface area (Å²) in [4.78, 5) is 28.4. The third kappa shape index (κ3) is 6.65. The van der Waals surface area contributed by atoms with Crippen LogP contribution in [0.25, 0.3) is 11.1 Å². The van der Waals surface area contributed by atoms with Gasteiger partial charge in [-0.2, -0.15) is 0 Å². The zero-order chi connectivity index (χ0) is 29.6. The number of amides is 2. The number of ether oxygens (including phenoxy) is 1. The van der Waals surface area contributed by atoms with E-state index in [9.17, 15) is 9.59 Å². The molecule has 0 heterocycles. The van der Waals surface area contributed by atoms with Gasteiger partial charge in [-0.15, -0.1) is 0 Å². The van der Waals surface area contributed by atoms with Crippen LogP contribution >= 0.6 is 23.2 Å². The van der Waals surface area contributed by atoms with Crippen molar-refractivity contribution in [3.63, 3.8) is 0 Å². The molecule has 0 aliphatic heterocycles. The van der Waals surface area contributed by atoms with Crippen molar-refractivity contribution in [2.75, 3.05) is 17.3 Å². The lowest BCUT2D eigenvalue weighted by atomic mass is 9.97. The van der Waals surface area contributed by atoms with E-state index in [1.54, 1.807) is 43.4 Å². The molecule has 0 saturated carbocycles. The number of benzene rings is 5. The summed E-state index contributed by atoms with van der Waals surface area (Å²) in [6.45, 7) is 2.26. The van der Waals surface area contributed by atoms with Crippen molar-refractivity contribution >= 4 is 46.4 Å². The molecule has 5 aromatic rings. The van der Waals surface area contributed by atoms with Crippen molar-refractivity contribution < 1.29 is 14.3 Å². The summed E-state index contributed by atoms with van der Waals surface area (Å²) in [7, 11) is 1.65. The number of hydrogen-bond donors (Lipinski definition) is 1. The van der Waals surface area contributed by atoms with E-state index in [2.05, 4.69) is 5.32 Å². The van der Waals surface area contributed by atoms with Crippen LogP contribution in [-0.2, 0) is 6.61 Å². The number of hydrogen-bond acceptors (Lipinski definition) is 3. The zero-order valence-corrected chi connectivity index (χ0v) is 24.6. The minimum Gasteiger partial charge on any atom is -0.487 e. The SMILES string of the molecule is Cc1ccc(-c2ccccc2)c(C(=O)Nc2ccc(C(=O)N(C)c3ccc(Cl)cc3OCc3ccccc3)c(Cl)c2)c1. The monoisotopic (exact) mass is 594 g/mol. The Kier molecular flexibility index (Phi) is 8.91. The highest BCUT2D eigenvalue weighted by molar-refractivity contribution is 6.35. The molecule has 7 heteroatoms. The fourth-order valence-corrected chi connectivity index (χ4v) is 5.01. The van der Waals surface area contributed by atoms with Crippen LogP contribution in [0.4, 0.5) is 11.4 Å². The number of nitrogens with one attached hydrogen (secondary N) is 1. The molecule has 210 valence electrons. The predicted octanol–water partition coefficient (Wildman–Crippen LogP) is 9.08. The van der Waals surface area contributed by atoms with E-state index in [1.807, 2.05) is 85.8 Å². The zero-order valence-electron chi connectivity index (χ0n) is 23.1. The first-order valence-electron chi connectivity index (χ1n) is 13.3. The van der Waals surface area contributed by atoms with Crippen LogP contribution < -0.4 is 15.0 Å². The second kappa shape index (κ2) is 12.9. The predicted molar refractivity (Wildman–Crippen MR) is 171 cm³/mol. The minimum atomic E-state index is -0.338. The smallest absolute Gasteiger partial charge is 0.259 e. The summed E-state index contributed by atoms with van der Waals surface area (Å²) in [5, 5.41) is 3.63. The molecule has 5 nitrogen and oxygen atoms in total. The Balaban J connectivity index is 1.35. The molecule has 0 aromatic heterocycles. The summed E-state index contributed by atoms with van der Waals surface area (Å²) in [6.07, 6.45) is 0. The number of halogens is 2. The molecule has 0 aliphatic carbocycles. The normalized spacial score (nSPS) is 10.7. The summed E-state index contributed by atoms with van der Waals surface area (Å²) in [5.41, 5.74) is 5.57. The van der Waals surface area contributed by atoms with Gasteiger partial charge in [0.2, 0.25) is 0 Å². The van der Waals surface area contributed by atoms with Gasteiger partial charge >= 0.3 is 0 Å². The Morgan fingerprint density at radius 1 is 0.786 bits per heavy atom. The lowest BCUT2D eigenvalue weighted by Gasteiger charge is -2.22. The van der Waals surface area contributed by atoms with Crippen LogP contribution in [0.1, 0.15) is 31.8 Å². The minimum absolute atomic E-state index is 0.206. The molecule has 0 unspecified atom stereocenters. The average Bonchev–Trinajstić information content (AvgIpc) is 3.00. The molecule has 5 aromatic carbocycles. The lowest BCUT2D eigenvalue weighted by molar-refractivity contribution is 0.0991. The van der Waals surface area contributed by atoms with Gasteiger partial charge in [0.25, 0.3) is 11.8 Å². The van der Waals surface area contributed by atoms with E-state index in [4.69, 9.17) is 27.9 Å². The van der Waals surface area contributed by atoms with Gasteiger partial charge in [0.05, 0.1) is 16.3 Å². The number of anilines is 2. The quantitative estimate of drug-likeness (QED) is 0.195. The molecule has 42 heavy (non-hydrogen) atoms. The Hall–Kier alpha value is -4.58. The van der Waals surface area contributed by atoms with E-state index in [0.717, 1.165) is 22.3 Å². The highest BCUT2D eigenvalue weighted by Gasteiger charge is 2.21. The second-order valence-electron chi connectivity index (χ2n) is 9.81. The summed E-state index contributed by atoms with van der Waals surface area (Å²) < 4.78 is 6.04. The highest BCUT2D eigenvalue weighted by Crippen LogP contribution is 2.34. The molecule has 0 saturated heterocycles. The third-order valence-electron chi connectivity index (χ3n) is 6.79. The van der Waals surface area contributed by atoms with Crippen LogP contribution in [-0.4, -0.2) is 18.9 Å². The summed E-state index contributed by atoms with van der Waals surface area (Å²) in [6, 6.07) is 35.2. The maximum atomic E-state index is 13.5. The van der Waals surface area contributed by atoms with Gasteiger partial charge in [-0.25, -0.2) is 0 Å². The first-order valence-corrected chi connectivity index (χ1v) is 14.1. The molecule has 0 bridgehead atoms. The van der Waals surface area contributed by atoms with Gasteiger partial charge in [-0.05, 0) is 60.0 Å². The Morgan fingerprint density at radius 3 is 2.21 bits per heavy atom. The van der Waals surface area contributed by atoms with E-state index in [1.165, 1.54) is 4.90 Å². The first-order chi connectivity index (χ1) is 20.3. The van der Waals surface area contributed by atoms with E-state index in [-0.39, 0.29) is 22.4 Å². The number of aryl methyl sites for hydroxylation is 1. The maximum absolute atomic E-state index is 13.5. The first kappa shape index (κ1) is 28.9. The van der Waals surface area contributed by atoms with Gasteiger partial charge in [-0.1, -0.05) is 102 Å². The topological polar surface area (TPSA) is 58.6 Å². The summed E-state index contributed by atoms with van der Waals surface area (Å²) >= 11 is 12.8. The molecular formula is C35H28Cl2N2O3. The van der Waals surface area contributed by atoms with Crippen LogP contribution in [0.3, 0.4) is 0 Å². The Morgan fingerprint density at radius 2 is 1.50 bits per heavy atom. The van der Waals surface area contributed by atoms with E-state index in [0.29, 0.717) is 34.3 Å². The average molecular weight is 596 g/mol. The van der Waals surface area contributed by atoms with Crippen LogP contribution in [0.5, 0.6) is 5.75 Å². The molecule has 0 aliphatic rings. The fourth-order valence-electron chi connectivity index (χ4n) is 4.59. The molecular weight excluding hydrogens is 567 g/mol. The standard InChI is InChI=1S/C35H28Cl2N2O3/c1-23-13-16-28(25-11-7-4-8-12-25)30(19-23)34(40)38-27-15-17-29(31(37)21-27)35(41)39(2)32-18-14-26(36)20-33(32)42-22-24-9-5-3-6-10-24/h3-21H,22H2,1-2H3,(H,38,40). The lowest BCUT2D eigenvalue weighted by Crippen LogP contribution is -2.27. The Bertz CT molecular complexity index is 1740. The Labute approximate surface area is 255 Å². The molecule has 0 spiro atoms. The highest BCUT2D eigenvalue weighted by atomic mass is 35.5. The molecule has 0 radical (unpaired) electrons. The molecule has 5 rings (SSSR count). The third-order valence-corrected chi connectivity index (χ3v) is 7.33. The molecule has 2 amide bonds. The van der Waals surface area contributed by atoms with Crippen molar-refractivity contribution in [3.8, 4) is 16.9 Å². The van der Waals surface area contributed by atoms with Gasteiger partial charge in [0.15, 0.2) is 0 Å². The fraction of sp³-hybridized carbons (Fsp3) is 0.0857. The molecule has 1 N–H and O–H groups in total. The van der Waals surface area contributed by atoms with Gasteiger partial charge in [0, 0.05) is 29.4 Å². The van der Waals surface area contributed by atoms with E-state index >= 15 is 0 Å². The van der Waals surface area contributed by atoms with Gasteiger partial charge in [-0.3, -0.25) is 9.59 Å². The van der Waals surface area contributed by atoms with Crippen LogP contribution in [0, 0.1) is 6.92 Å². The maximum Gasteiger partial charge on any atom is 0.259 e. The van der Waals surface area contributed by atoms with E-state index < -0.39 is 0 Å². The van der Waals surface area contributed by atoms with Crippen LogP contribution in [0.2, 0.25) is 10.0 Å². The van der Waals surface area contributed by atoms with Gasteiger partial charge < -0.3 is 15.0 Å². The van der Waals surface area contributed by atoms with Crippen molar-refractivity contribution in [2.24, 2.45) is 0 Å². The summed E-state index contributed by atoms with van der Waals surface area (Å²) in [5.74, 6) is -0.143. The second-order valence-corrected chi connectivity index (χ2v) is 10.7. The number of carbonyl (C=O) groups excluding carboxylic acids is 2. The largest absolute Gasteiger partial charge is 0.487 e. The van der Waals surface area contributed by atoms with Gasteiger partial charge in [0.1, 0.15) is 12.4 Å². The van der Waals surface area contributed by atoms with Crippen molar-refractivity contribution in [1.29, 1.82) is 0 Å². The molecule has 0 fully saturated rings. The number of rotatable bonds is 8. The van der Waals surface area contributed by atoms with Crippen molar-refractivity contribution in [3.05, 3.63) is 148 Å². The number of nitrogens with zero attached hydrogens (tertiary/aromatic N) is 1. The van der Waals surface area contributed by atoms with Crippen molar-refractivity contribution in [2.45, 2.75) is 13.5 Å². The van der Waals surface area contributed by atoms with Crippen molar-refractivity contribution in [1.82, 2.24) is 0 Å². The molecule has 0 atom stereocenters. The van der Waals surface area contributed by atoms with Crippen LogP contribution in [0.15, 0.2) is 115 Å². The number of carbonyl (C=O) groups is 2.